The minimum Gasteiger partial charge on any atom is -0.493 e. The molecule has 4 rings (SSSR count). The molecule has 1 N–H and O–H groups in total. The average molecular weight is 480 g/mol. The molecular formula is C29H37NO5. The number of aryl methyl sites for hydroxylation is 1. The number of esters is 1. The maximum absolute atomic E-state index is 13.3. The Morgan fingerprint density at radius 1 is 1.11 bits per heavy atom. The monoisotopic (exact) mass is 479 g/mol. The minimum atomic E-state index is -0.968. The number of hydrogen-bond acceptors (Lipinski definition) is 5. The molecule has 188 valence electrons. The molecular weight excluding hydrogens is 442 g/mol. The van der Waals surface area contributed by atoms with E-state index in [9.17, 15) is 9.59 Å². The highest BCUT2D eigenvalue weighted by molar-refractivity contribution is 5.98. The minimum absolute atomic E-state index is 0.270. The van der Waals surface area contributed by atoms with Gasteiger partial charge in [0.2, 0.25) is 0 Å². The molecule has 1 aliphatic heterocycles. The van der Waals surface area contributed by atoms with Gasteiger partial charge in [0.25, 0.3) is 5.91 Å². The molecule has 1 saturated heterocycles. The highest BCUT2D eigenvalue weighted by atomic mass is 16.5. The molecule has 35 heavy (non-hydrogen) atoms. The van der Waals surface area contributed by atoms with Crippen molar-refractivity contribution >= 4 is 11.9 Å². The van der Waals surface area contributed by atoms with Gasteiger partial charge in [-0.05, 0) is 56.2 Å². The standard InChI is InChI=1S/C29H37NO5/c1-4-21-10-13-29(14-11-21,28(32)33-3)30-27(31)23-8-9-25(24-18-34-19-24)26(17-23)35-15-12-22-7-5-6-20(2)16-22/h5-9,16-17,21,24H,4,10-15,18-19H2,1-3H3,(H,30,31)/t21-,29-. The summed E-state index contributed by atoms with van der Waals surface area (Å²) in [6.07, 6.45) is 4.87. The maximum atomic E-state index is 13.3. The van der Waals surface area contributed by atoms with E-state index < -0.39 is 5.54 Å². The molecule has 1 heterocycles. The third-order valence-electron chi connectivity index (χ3n) is 7.55. The van der Waals surface area contributed by atoms with Crippen LogP contribution in [0.2, 0.25) is 0 Å². The summed E-state index contributed by atoms with van der Waals surface area (Å²) in [6.45, 7) is 6.08. The number of ether oxygens (including phenoxy) is 3. The van der Waals surface area contributed by atoms with E-state index in [0.717, 1.165) is 31.2 Å². The Bertz CT molecular complexity index is 1040. The highest BCUT2D eigenvalue weighted by Gasteiger charge is 2.44. The van der Waals surface area contributed by atoms with Crippen molar-refractivity contribution in [3.05, 3.63) is 64.7 Å². The number of rotatable bonds is 9. The molecule has 0 aromatic heterocycles. The topological polar surface area (TPSA) is 73.9 Å². The first-order valence-corrected chi connectivity index (χ1v) is 12.7. The summed E-state index contributed by atoms with van der Waals surface area (Å²) in [5, 5.41) is 3.04. The lowest BCUT2D eigenvalue weighted by Gasteiger charge is -2.38. The van der Waals surface area contributed by atoms with Crippen LogP contribution in [0.25, 0.3) is 0 Å². The molecule has 0 spiro atoms. The summed E-state index contributed by atoms with van der Waals surface area (Å²) in [6, 6.07) is 14.0. The molecule has 2 fully saturated rings. The lowest BCUT2D eigenvalue weighted by Crippen LogP contribution is -2.56. The van der Waals surface area contributed by atoms with Crippen LogP contribution in [0.4, 0.5) is 0 Å². The van der Waals surface area contributed by atoms with Gasteiger partial charge in [0, 0.05) is 23.5 Å². The summed E-state index contributed by atoms with van der Waals surface area (Å²) >= 11 is 0. The third-order valence-corrected chi connectivity index (χ3v) is 7.55. The Hall–Kier alpha value is -2.86. The van der Waals surface area contributed by atoms with Gasteiger partial charge in [-0.2, -0.15) is 0 Å². The Kier molecular flexibility index (Phi) is 8.11. The predicted octanol–water partition coefficient (Wildman–Crippen LogP) is 4.97. The van der Waals surface area contributed by atoms with Gasteiger partial charge in [-0.1, -0.05) is 49.2 Å². The number of benzene rings is 2. The second-order valence-corrected chi connectivity index (χ2v) is 9.95. The quantitative estimate of drug-likeness (QED) is 0.514. The van der Waals surface area contributed by atoms with E-state index in [1.165, 1.54) is 18.2 Å². The number of carbonyl (C=O) groups is 2. The van der Waals surface area contributed by atoms with Gasteiger partial charge in [-0.15, -0.1) is 0 Å². The van der Waals surface area contributed by atoms with E-state index >= 15 is 0 Å². The van der Waals surface area contributed by atoms with E-state index in [1.807, 2.05) is 18.2 Å². The van der Waals surface area contributed by atoms with Crippen molar-refractivity contribution in [3.8, 4) is 5.75 Å². The first-order valence-electron chi connectivity index (χ1n) is 12.7. The van der Waals surface area contributed by atoms with Crippen molar-refractivity contribution in [2.24, 2.45) is 5.92 Å². The smallest absolute Gasteiger partial charge is 0.331 e. The molecule has 0 bridgehead atoms. The fourth-order valence-electron chi connectivity index (χ4n) is 5.14. The Morgan fingerprint density at radius 3 is 2.51 bits per heavy atom. The molecule has 2 aliphatic rings. The molecule has 2 aromatic rings. The van der Waals surface area contributed by atoms with Gasteiger partial charge in [-0.3, -0.25) is 4.79 Å². The van der Waals surface area contributed by atoms with Crippen LogP contribution in [0, 0.1) is 12.8 Å². The zero-order valence-corrected chi connectivity index (χ0v) is 21.1. The van der Waals surface area contributed by atoms with Gasteiger partial charge in [-0.25, -0.2) is 4.79 Å². The molecule has 0 radical (unpaired) electrons. The molecule has 0 unspecified atom stereocenters. The van der Waals surface area contributed by atoms with E-state index in [2.05, 4.69) is 43.4 Å². The third kappa shape index (κ3) is 5.87. The van der Waals surface area contributed by atoms with E-state index in [4.69, 9.17) is 14.2 Å². The fourth-order valence-corrected chi connectivity index (χ4v) is 5.14. The number of hydrogen-bond donors (Lipinski definition) is 1. The zero-order chi connectivity index (χ0) is 24.8. The summed E-state index contributed by atoms with van der Waals surface area (Å²) in [7, 11) is 1.39. The van der Waals surface area contributed by atoms with Crippen LogP contribution in [0.3, 0.4) is 0 Å². The normalized spacial score (nSPS) is 22.2. The Labute approximate surface area is 208 Å². The summed E-state index contributed by atoms with van der Waals surface area (Å²) in [5.74, 6) is 0.929. The molecule has 6 nitrogen and oxygen atoms in total. The van der Waals surface area contributed by atoms with Crippen LogP contribution in [0.15, 0.2) is 42.5 Å². The molecule has 1 amide bonds. The van der Waals surface area contributed by atoms with Crippen LogP contribution in [-0.4, -0.2) is 44.3 Å². The van der Waals surface area contributed by atoms with Crippen molar-refractivity contribution < 1.29 is 23.8 Å². The SMILES string of the molecule is CC[C@H]1CC[C@@](NC(=O)c2ccc(C3COC3)c(OCCc3cccc(C)c3)c2)(C(=O)OC)CC1. The lowest BCUT2D eigenvalue weighted by atomic mass is 9.75. The summed E-state index contributed by atoms with van der Waals surface area (Å²) < 4.78 is 16.7. The van der Waals surface area contributed by atoms with Crippen LogP contribution >= 0.6 is 0 Å². The molecule has 0 atom stereocenters. The molecule has 2 aromatic carbocycles. The van der Waals surface area contributed by atoms with Crippen molar-refractivity contribution in [1.29, 1.82) is 0 Å². The predicted molar refractivity (Wildman–Crippen MR) is 135 cm³/mol. The first kappa shape index (κ1) is 25.2. The van der Waals surface area contributed by atoms with Crippen LogP contribution in [0.1, 0.15) is 72.0 Å². The lowest BCUT2D eigenvalue weighted by molar-refractivity contribution is -0.150. The first-order chi connectivity index (χ1) is 16.9. The zero-order valence-electron chi connectivity index (χ0n) is 21.1. The van der Waals surface area contributed by atoms with Crippen LogP contribution < -0.4 is 10.1 Å². The van der Waals surface area contributed by atoms with Gasteiger partial charge < -0.3 is 19.5 Å². The van der Waals surface area contributed by atoms with E-state index in [1.54, 1.807) is 0 Å². The fraction of sp³-hybridized carbons (Fsp3) is 0.517. The van der Waals surface area contributed by atoms with Gasteiger partial charge in [0.15, 0.2) is 0 Å². The molecule has 6 heteroatoms. The summed E-state index contributed by atoms with van der Waals surface area (Å²) in [5.41, 5.74) is 3.02. The Morgan fingerprint density at radius 2 is 1.89 bits per heavy atom. The van der Waals surface area contributed by atoms with E-state index in [-0.39, 0.29) is 17.8 Å². The average Bonchev–Trinajstić information content (AvgIpc) is 2.83. The largest absolute Gasteiger partial charge is 0.493 e. The van der Waals surface area contributed by atoms with Crippen LogP contribution in [-0.2, 0) is 20.7 Å². The molecule has 1 aliphatic carbocycles. The van der Waals surface area contributed by atoms with Crippen molar-refractivity contribution in [1.82, 2.24) is 5.32 Å². The molecule has 1 saturated carbocycles. The van der Waals surface area contributed by atoms with Crippen molar-refractivity contribution in [2.45, 2.75) is 63.8 Å². The van der Waals surface area contributed by atoms with Crippen molar-refractivity contribution in [3.63, 3.8) is 0 Å². The van der Waals surface area contributed by atoms with Gasteiger partial charge in [0.1, 0.15) is 11.3 Å². The second kappa shape index (κ2) is 11.3. The maximum Gasteiger partial charge on any atom is 0.331 e. The highest BCUT2D eigenvalue weighted by Crippen LogP contribution is 2.36. The number of methoxy groups -OCH3 is 1. The number of amides is 1. The summed E-state index contributed by atoms with van der Waals surface area (Å²) in [4.78, 5) is 26.1. The van der Waals surface area contributed by atoms with Crippen LogP contribution in [0.5, 0.6) is 5.75 Å². The second-order valence-electron chi connectivity index (χ2n) is 9.95. The van der Waals surface area contributed by atoms with E-state index in [0.29, 0.717) is 49.9 Å². The Balaban J connectivity index is 1.50. The number of nitrogens with one attached hydrogen (secondary N) is 1. The van der Waals surface area contributed by atoms with Gasteiger partial charge in [0.05, 0.1) is 26.9 Å². The van der Waals surface area contributed by atoms with Crippen molar-refractivity contribution in [2.75, 3.05) is 26.9 Å². The number of carbonyl (C=O) groups excluding carboxylic acids is 2. The van der Waals surface area contributed by atoms with Gasteiger partial charge >= 0.3 is 5.97 Å².